The van der Waals surface area contributed by atoms with Gasteiger partial charge in [-0.3, -0.25) is 19.2 Å². The Hall–Kier alpha value is -3.14. The van der Waals surface area contributed by atoms with Gasteiger partial charge in [-0.2, -0.15) is 0 Å². The molecule has 0 saturated heterocycles. The number of nitrogens with two attached hydrogens (primary N) is 1. The largest absolute Gasteiger partial charge is 0.508 e. The summed E-state index contributed by atoms with van der Waals surface area (Å²) in [6.07, 6.45) is 0.652. The zero-order valence-corrected chi connectivity index (χ0v) is 18.2. The molecule has 0 aliphatic rings. The molecule has 0 fully saturated rings. The van der Waals surface area contributed by atoms with Crippen LogP contribution in [0.5, 0.6) is 5.75 Å². The summed E-state index contributed by atoms with van der Waals surface area (Å²) < 4.78 is 0. The Kier molecular flexibility index (Phi) is 9.94. The zero-order valence-electron chi connectivity index (χ0n) is 18.2. The van der Waals surface area contributed by atoms with E-state index in [0.29, 0.717) is 12.0 Å². The summed E-state index contributed by atoms with van der Waals surface area (Å²) in [7, 11) is 0. The van der Waals surface area contributed by atoms with E-state index in [1.807, 2.05) is 6.92 Å². The fraction of sp³-hybridized carbons (Fsp3) is 0.524. The van der Waals surface area contributed by atoms with Crippen molar-refractivity contribution >= 4 is 23.7 Å². The van der Waals surface area contributed by atoms with Gasteiger partial charge in [-0.1, -0.05) is 32.4 Å². The van der Waals surface area contributed by atoms with Crippen LogP contribution in [0.15, 0.2) is 24.3 Å². The van der Waals surface area contributed by atoms with Crippen molar-refractivity contribution in [2.75, 3.05) is 0 Å². The topological polar surface area (TPSA) is 171 Å². The number of amides is 3. The molecule has 5 unspecified atom stereocenters. The van der Waals surface area contributed by atoms with Crippen molar-refractivity contribution in [2.24, 2.45) is 11.7 Å². The number of hydrogen-bond acceptors (Lipinski definition) is 6. The first-order valence-electron chi connectivity index (χ1n) is 10.1. The number of carboxylic acid groups (broad SMARTS) is 1. The second-order valence-corrected chi connectivity index (χ2v) is 7.66. The molecular formula is C21H32N4O6. The second kappa shape index (κ2) is 11.9. The Morgan fingerprint density at radius 2 is 1.52 bits per heavy atom. The number of carbonyl (C=O) groups is 4. The molecule has 0 aromatic heterocycles. The molecule has 0 heterocycles. The molecule has 1 rings (SSSR count). The van der Waals surface area contributed by atoms with Crippen LogP contribution in [0.25, 0.3) is 0 Å². The molecule has 10 nitrogen and oxygen atoms in total. The van der Waals surface area contributed by atoms with E-state index in [0.717, 1.165) is 0 Å². The third-order valence-corrected chi connectivity index (χ3v) is 4.95. The van der Waals surface area contributed by atoms with Crippen LogP contribution in [-0.4, -0.2) is 58.1 Å². The van der Waals surface area contributed by atoms with Crippen molar-refractivity contribution < 1.29 is 29.4 Å². The van der Waals surface area contributed by atoms with Gasteiger partial charge in [-0.05, 0) is 37.5 Å². The van der Waals surface area contributed by atoms with Crippen LogP contribution in [-0.2, 0) is 25.6 Å². The Labute approximate surface area is 181 Å². The summed E-state index contributed by atoms with van der Waals surface area (Å²) in [5.74, 6) is -3.20. The SMILES string of the molecule is CCC(C)C(NC(=O)C(Cc1ccc(O)cc1)NC(=O)C(C)N)C(=O)NC(C)C(=O)O. The zero-order chi connectivity index (χ0) is 23.7. The first-order chi connectivity index (χ1) is 14.5. The molecule has 0 radical (unpaired) electrons. The fourth-order valence-electron chi connectivity index (χ4n) is 2.70. The lowest BCUT2D eigenvalue weighted by Gasteiger charge is -2.27. The molecule has 0 spiro atoms. The van der Waals surface area contributed by atoms with E-state index in [4.69, 9.17) is 10.8 Å². The molecule has 31 heavy (non-hydrogen) atoms. The van der Waals surface area contributed by atoms with Gasteiger partial charge in [0, 0.05) is 6.42 Å². The Morgan fingerprint density at radius 3 is 2.00 bits per heavy atom. The summed E-state index contributed by atoms with van der Waals surface area (Å²) in [5, 5.41) is 26.1. The fourth-order valence-corrected chi connectivity index (χ4v) is 2.70. The lowest BCUT2D eigenvalue weighted by atomic mass is 9.96. The number of nitrogens with one attached hydrogen (secondary N) is 3. The van der Waals surface area contributed by atoms with Crippen LogP contribution in [0.3, 0.4) is 0 Å². The Balaban J connectivity index is 3.06. The van der Waals surface area contributed by atoms with E-state index >= 15 is 0 Å². The molecule has 0 aliphatic heterocycles. The summed E-state index contributed by atoms with van der Waals surface area (Å²) in [5.41, 5.74) is 6.28. The highest BCUT2D eigenvalue weighted by Gasteiger charge is 2.31. The third-order valence-electron chi connectivity index (χ3n) is 4.95. The smallest absolute Gasteiger partial charge is 0.325 e. The second-order valence-electron chi connectivity index (χ2n) is 7.66. The van der Waals surface area contributed by atoms with Gasteiger partial charge in [0.15, 0.2) is 0 Å². The predicted molar refractivity (Wildman–Crippen MR) is 114 cm³/mol. The van der Waals surface area contributed by atoms with E-state index in [9.17, 15) is 24.3 Å². The first-order valence-corrected chi connectivity index (χ1v) is 10.1. The Bertz CT molecular complexity index is 781. The molecule has 3 amide bonds. The number of rotatable bonds is 11. The molecule has 0 bridgehead atoms. The summed E-state index contributed by atoms with van der Waals surface area (Å²) in [6, 6.07) is 2.15. The van der Waals surface area contributed by atoms with Gasteiger partial charge < -0.3 is 31.9 Å². The van der Waals surface area contributed by atoms with Gasteiger partial charge in [-0.15, -0.1) is 0 Å². The summed E-state index contributed by atoms with van der Waals surface area (Å²) >= 11 is 0. The number of aromatic hydroxyl groups is 1. The number of benzene rings is 1. The highest BCUT2D eigenvalue weighted by molar-refractivity contribution is 5.94. The average molecular weight is 437 g/mol. The summed E-state index contributed by atoms with van der Waals surface area (Å²) in [6.45, 7) is 6.40. The van der Waals surface area contributed by atoms with Gasteiger partial charge >= 0.3 is 5.97 Å². The van der Waals surface area contributed by atoms with Crippen molar-refractivity contribution in [3.63, 3.8) is 0 Å². The number of aliphatic carboxylic acids is 1. The first kappa shape index (κ1) is 25.9. The number of carboxylic acids is 1. The molecule has 10 heteroatoms. The minimum Gasteiger partial charge on any atom is -0.508 e. The highest BCUT2D eigenvalue weighted by Crippen LogP contribution is 2.13. The normalized spacial score (nSPS) is 15.6. The van der Waals surface area contributed by atoms with Crippen molar-refractivity contribution in [1.29, 1.82) is 0 Å². The molecule has 7 N–H and O–H groups in total. The molecule has 5 atom stereocenters. The predicted octanol–water partition coefficient (Wildman–Crippen LogP) is -0.113. The van der Waals surface area contributed by atoms with Gasteiger partial charge in [0.05, 0.1) is 6.04 Å². The van der Waals surface area contributed by atoms with E-state index in [2.05, 4.69) is 16.0 Å². The number of carbonyl (C=O) groups excluding carboxylic acids is 3. The maximum atomic E-state index is 13.0. The van der Waals surface area contributed by atoms with Crippen molar-refractivity contribution in [3.05, 3.63) is 29.8 Å². The van der Waals surface area contributed by atoms with E-state index in [1.54, 1.807) is 19.1 Å². The highest BCUT2D eigenvalue weighted by atomic mass is 16.4. The van der Waals surface area contributed by atoms with Gasteiger partial charge in [0.2, 0.25) is 17.7 Å². The third kappa shape index (κ3) is 8.25. The molecule has 0 saturated carbocycles. The quantitative estimate of drug-likeness (QED) is 0.281. The van der Waals surface area contributed by atoms with Crippen LogP contribution < -0.4 is 21.7 Å². The number of phenolic OH excluding ortho intramolecular Hbond substituents is 1. The van der Waals surface area contributed by atoms with E-state index in [-0.39, 0.29) is 18.1 Å². The molecule has 1 aromatic rings. The maximum Gasteiger partial charge on any atom is 0.325 e. The molecular weight excluding hydrogens is 404 g/mol. The molecule has 172 valence electrons. The lowest BCUT2D eigenvalue weighted by Crippen LogP contribution is -2.58. The Morgan fingerprint density at radius 1 is 0.935 bits per heavy atom. The van der Waals surface area contributed by atoms with Crippen molar-refractivity contribution in [3.8, 4) is 5.75 Å². The molecule has 0 aliphatic carbocycles. The van der Waals surface area contributed by atoms with E-state index in [1.165, 1.54) is 26.0 Å². The van der Waals surface area contributed by atoms with Gasteiger partial charge in [-0.25, -0.2) is 0 Å². The van der Waals surface area contributed by atoms with Crippen molar-refractivity contribution in [1.82, 2.24) is 16.0 Å². The van der Waals surface area contributed by atoms with Crippen LogP contribution >= 0.6 is 0 Å². The number of hydrogen-bond donors (Lipinski definition) is 6. The van der Waals surface area contributed by atoms with Gasteiger partial charge in [0.25, 0.3) is 0 Å². The maximum absolute atomic E-state index is 13.0. The minimum absolute atomic E-state index is 0.0606. The minimum atomic E-state index is -1.20. The molecule has 1 aromatic carbocycles. The van der Waals surface area contributed by atoms with Crippen molar-refractivity contribution in [2.45, 2.75) is 64.7 Å². The van der Waals surface area contributed by atoms with Crippen LogP contribution in [0.2, 0.25) is 0 Å². The van der Waals surface area contributed by atoms with Crippen LogP contribution in [0.1, 0.15) is 39.7 Å². The lowest BCUT2D eigenvalue weighted by molar-refractivity contribution is -0.142. The number of phenols is 1. The monoisotopic (exact) mass is 436 g/mol. The van der Waals surface area contributed by atoms with Crippen LogP contribution in [0, 0.1) is 5.92 Å². The standard InChI is InChI=1S/C21H32N4O6/c1-5-11(2)17(20(29)23-13(4)21(30)31)25-19(28)16(24-18(27)12(3)22)10-14-6-8-15(26)9-7-14/h6-9,11-13,16-17,26H,5,10,22H2,1-4H3,(H,23,29)(H,24,27)(H,25,28)(H,30,31). The van der Waals surface area contributed by atoms with E-state index < -0.39 is 47.9 Å². The average Bonchev–Trinajstić information content (AvgIpc) is 2.71. The van der Waals surface area contributed by atoms with Crippen LogP contribution in [0.4, 0.5) is 0 Å². The van der Waals surface area contributed by atoms with Gasteiger partial charge in [0.1, 0.15) is 23.9 Å². The summed E-state index contributed by atoms with van der Waals surface area (Å²) in [4.78, 5) is 48.8.